The predicted molar refractivity (Wildman–Crippen MR) is 114 cm³/mol. The molecule has 1 amide bonds. The summed E-state index contributed by atoms with van der Waals surface area (Å²) >= 11 is 0. The smallest absolute Gasteiger partial charge is 0.307 e. The van der Waals surface area contributed by atoms with Gasteiger partial charge in [-0.3, -0.25) is 14.6 Å². The predicted octanol–water partition coefficient (Wildman–Crippen LogP) is 2.05. The third-order valence-corrected chi connectivity index (χ3v) is 5.55. The monoisotopic (exact) mass is 424 g/mol. The number of ether oxygens (including phenoxy) is 2. The fourth-order valence-electron chi connectivity index (χ4n) is 4.06. The number of amides is 1. The van der Waals surface area contributed by atoms with Crippen LogP contribution in [0, 0.1) is 6.92 Å². The molecule has 2 aliphatic rings. The second-order valence-electron chi connectivity index (χ2n) is 7.51. The van der Waals surface area contributed by atoms with E-state index in [2.05, 4.69) is 4.99 Å². The van der Waals surface area contributed by atoms with E-state index in [4.69, 9.17) is 19.7 Å². The molecule has 0 saturated carbocycles. The molecule has 0 aliphatic carbocycles. The molecule has 2 aliphatic heterocycles. The van der Waals surface area contributed by atoms with Gasteiger partial charge < -0.3 is 19.5 Å². The fourth-order valence-corrected chi connectivity index (χ4v) is 4.06. The molecule has 0 radical (unpaired) electrons. The molecule has 9 nitrogen and oxygen atoms in total. The molecule has 1 aromatic carbocycles. The van der Waals surface area contributed by atoms with Crippen molar-refractivity contribution in [3.8, 4) is 17.2 Å². The summed E-state index contributed by atoms with van der Waals surface area (Å²) in [4.78, 5) is 30.5. The second-order valence-corrected chi connectivity index (χ2v) is 7.51. The van der Waals surface area contributed by atoms with Crippen molar-refractivity contribution >= 4 is 18.1 Å². The zero-order valence-corrected chi connectivity index (χ0v) is 17.7. The van der Waals surface area contributed by atoms with Gasteiger partial charge in [0.05, 0.1) is 55.9 Å². The number of hydrogen-bond donors (Lipinski definition) is 1. The van der Waals surface area contributed by atoms with Gasteiger partial charge in [0.15, 0.2) is 0 Å². The highest BCUT2D eigenvalue weighted by Crippen LogP contribution is 2.30. The Bertz CT molecular complexity index is 1080. The molecule has 0 saturated heterocycles. The molecule has 1 aromatic heterocycles. The number of dihydropyridines is 1. The van der Waals surface area contributed by atoms with Crippen LogP contribution in [-0.2, 0) is 11.2 Å². The first kappa shape index (κ1) is 20.6. The molecule has 3 heterocycles. The quantitative estimate of drug-likeness (QED) is 0.761. The molecule has 1 N–H and O–H groups in total. The van der Waals surface area contributed by atoms with E-state index in [0.29, 0.717) is 42.1 Å². The molecule has 0 fully saturated rings. The number of aliphatic imine (C=N–C) groups is 1. The summed E-state index contributed by atoms with van der Waals surface area (Å²) in [6.45, 7) is 2.79. The lowest BCUT2D eigenvalue weighted by Crippen LogP contribution is -2.46. The van der Waals surface area contributed by atoms with Crippen LogP contribution >= 0.6 is 0 Å². The number of nitrogens with zero attached hydrogens (tertiary/aromatic N) is 4. The van der Waals surface area contributed by atoms with Crippen LogP contribution in [0.4, 0.5) is 0 Å². The zero-order valence-electron chi connectivity index (χ0n) is 17.7. The van der Waals surface area contributed by atoms with Crippen LogP contribution in [0.1, 0.15) is 28.2 Å². The normalized spacial score (nSPS) is 17.9. The van der Waals surface area contributed by atoms with E-state index in [0.717, 1.165) is 17.1 Å². The summed E-state index contributed by atoms with van der Waals surface area (Å²) in [5.41, 5.74) is 3.41. The molecule has 1 atom stereocenters. The molecular formula is C22H24N4O5. The lowest BCUT2D eigenvalue weighted by Gasteiger charge is -2.33. The van der Waals surface area contributed by atoms with Crippen molar-refractivity contribution in [1.82, 2.24) is 14.7 Å². The second kappa shape index (κ2) is 8.25. The van der Waals surface area contributed by atoms with Gasteiger partial charge in [0.2, 0.25) is 0 Å². The first-order chi connectivity index (χ1) is 14.9. The van der Waals surface area contributed by atoms with E-state index in [1.807, 2.05) is 25.1 Å². The van der Waals surface area contributed by atoms with Gasteiger partial charge in [0, 0.05) is 37.4 Å². The maximum Gasteiger partial charge on any atom is 0.307 e. The van der Waals surface area contributed by atoms with Gasteiger partial charge >= 0.3 is 5.97 Å². The largest absolute Gasteiger partial charge is 0.497 e. The Balaban J connectivity index is 1.67. The summed E-state index contributed by atoms with van der Waals surface area (Å²) in [7, 11) is 3.17. The highest BCUT2D eigenvalue weighted by molar-refractivity contribution is 5.98. The SMILES string of the molecule is COc1cc(OC)cc(-n2nc3c(c2C)C(=O)N(C2C=C(CC(=O)O)C=NC2)CC3)c1. The first-order valence-corrected chi connectivity index (χ1v) is 9.96. The summed E-state index contributed by atoms with van der Waals surface area (Å²) in [6.07, 6.45) is 3.90. The highest BCUT2D eigenvalue weighted by atomic mass is 16.5. The van der Waals surface area contributed by atoms with Crippen molar-refractivity contribution in [1.29, 1.82) is 0 Å². The fraction of sp³-hybridized carbons (Fsp3) is 0.364. The summed E-state index contributed by atoms with van der Waals surface area (Å²) in [5, 5.41) is 13.7. The maximum absolute atomic E-state index is 13.4. The number of aliphatic carboxylic acids is 1. The van der Waals surface area contributed by atoms with Crippen LogP contribution in [-0.4, -0.2) is 71.2 Å². The molecule has 4 rings (SSSR count). The molecule has 0 bridgehead atoms. The Kier molecular flexibility index (Phi) is 5.50. The van der Waals surface area contributed by atoms with E-state index in [1.54, 1.807) is 36.1 Å². The molecule has 162 valence electrons. The number of aromatic nitrogens is 2. The van der Waals surface area contributed by atoms with E-state index in [-0.39, 0.29) is 18.4 Å². The van der Waals surface area contributed by atoms with Gasteiger partial charge in [-0.15, -0.1) is 0 Å². The van der Waals surface area contributed by atoms with Gasteiger partial charge in [0.25, 0.3) is 5.91 Å². The van der Waals surface area contributed by atoms with Crippen molar-refractivity contribution in [2.45, 2.75) is 25.8 Å². The lowest BCUT2D eigenvalue weighted by molar-refractivity contribution is -0.136. The minimum Gasteiger partial charge on any atom is -0.497 e. The number of benzene rings is 1. The molecular weight excluding hydrogens is 400 g/mol. The molecule has 9 heteroatoms. The maximum atomic E-state index is 13.4. The van der Waals surface area contributed by atoms with Crippen LogP contribution in [0.2, 0.25) is 0 Å². The molecule has 1 unspecified atom stereocenters. The summed E-state index contributed by atoms with van der Waals surface area (Å²) in [5.74, 6) is 0.224. The minimum atomic E-state index is -0.920. The number of rotatable bonds is 6. The average molecular weight is 424 g/mol. The van der Waals surface area contributed by atoms with Crippen LogP contribution in [0.5, 0.6) is 11.5 Å². The van der Waals surface area contributed by atoms with Gasteiger partial charge in [-0.25, -0.2) is 4.68 Å². The van der Waals surface area contributed by atoms with Gasteiger partial charge in [-0.1, -0.05) is 6.08 Å². The number of carbonyl (C=O) groups is 2. The molecule has 2 aromatic rings. The molecule has 31 heavy (non-hydrogen) atoms. The lowest BCUT2D eigenvalue weighted by atomic mass is 10.00. The van der Waals surface area contributed by atoms with E-state index in [1.165, 1.54) is 0 Å². The zero-order chi connectivity index (χ0) is 22.1. The third kappa shape index (κ3) is 3.90. The Hall–Kier alpha value is -3.62. The summed E-state index contributed by atoms with van der Waals surface area (Å²) in [6, 6.07) is 5.19. The topological polar surface area (TPSA) is 106 Å². The van der Waals surface area contributed by atoms with Crippen molar-refractivity contribution in [3.63, 3.8) is 0 Å². The van der Waals surface area contributed by atoms with E-state index < -0.39 is 5.97 Å². The van der Waals surface area contributed by atoms with Crippen LogP contribution in [0.15, 0.2) is 34.8 Å². The first-order valence-electron chi connectivity index (χ1n) is 9.96. The van der Waals surface area contributed by atoms with E-state index in [9.17, 15) is 9.59 Å². The number of carboxylic acid groups (broad SMARTS) is 1. The van der Waals surface area contributed by atoms with Crippen LogP contribution in [0.3, 0.4) is 0 Å². The minimum absolute atomic E-state index is 0.109. The van der Waals surface area contributed by atoms with Crippen molar-refractivity contribution in [3.05, 3.63) is 46.8 Å². The Morgan fingerprint density at radius 1 is 1.23 bits per heavy atom. The third-order valence-electron chi connectivity index (χ3n) is 5.55. The van der Waals surface area contributed by atoms with Gasteiger partial charge in [0.1, 0.15) is 11.5 Å². The Morgan fingerprint density at radius 3 is 2.58 bits per heavy atom. The van der Waals surface area contributed by atoms with Crippen molar-refractivity contribution < 1.29 is 24.2 Å². The number of carboxylic acids is 1. The van der Waals surface area contributed by atoms with Crippen LogP contribution < -0.4 is 9.47 Å². The van der Waals surface area contributed by atoms with E-state index >= 15 is 0 Å². The van der Waals surface area contributed by atoms with Crippen LogP contribution in [0.25, 0.3) is 5.69 Å². The number of carbonyl (C=O) groups excluding carboxylic acids is 1. The Morgan fingerprint density at radius 2 is 1.94 bits per heavy atom. The standard InChI is InChI=1S/C22H24N4O5/c1-13-21-19(24-26(13)15-8-17(30-2)10-18(9-15)31-3)4-5-25(22(21)29)16-6-14(7-20(27)28)11-23-12-16/h6,8-11,16H,4-5,7,12H2,1-3H3,(H,27,28). The number of hydrogen-bond acceptors (Lipinski definition) is 6. The van der Waals surface area contributed by atoms with Gasteiger partial charge in [-0.2, -0.15) is 5.10 Å². The Labute approximate surface area is 179 Å². The number of methoxy groups -OCH3 is 2. The van der Waals surface area contributed by atoms with Crippen molar-refractivity contribution in [2.24, 2.45) is 4.99 Å². The molecule has 0 spiro atoms. The van der Waals surface area contributed by atoms with Gasteiger partial charge in [-0.05, 0) is 12.5 Å². The highest BCUT2D eigenvalue weighted by Gasteiger charge is 2.34. The van der Waals surface area contributed by atoms with Crippen molar-refractivity contribution in [2.75, 3.05) is 27.3 Å². The number of fused-ring (bicyclic) bond motifs is 1. The summed E-state index contributed by atoms with van der Waals surface area (Å²) < 4.78 is 12.5. The average Bonchev–Trinajstić information content (AvgIpc) is 3.10.